The molecule has 3 rings (SSSR count). The van der Waals surface area contributed by atoms with Crippen LogP contribution in [0.2, 0.25) is 5.02 Å². The molecule has 26 heavy (non-hydrogen) atoms. The van der Waals surface area contributed by atoms with Crippen LogP contribution >= 0.6 is 34.8 Å². The number of amides is 1. The van der Waals surface area contributed by atoms with E-state index in [1.165, 1.54) is 7.11 Å². The number of alkyl halides is 2. The van der Waals surface area contributed by atoms with Crippen molar-refractivity contribution in [3.05, 3.63) is 34.9 Å². The SMILES string of the molecule is COC(=O)[C@H](c1ccc(Cl)cc1)N1CCN(C(=O)[C@]2(C)CC2(Cl)Cl)CC1. The molecule has 5 nitrogen and oxygen atoms in total. The molecule has 1 aromatic carbocycles. The number of carbonyl (C=O) groups is 2. The van der Waals surface area contributed by atoms with Crippen molar-refractivity contribution in [1.29, 1.82) is 0 Å². The number of hydrogen-bond donors (Lipinski definition) is 0. The summed E-state index contributed by atoms with van der Waals surface area (Å²) in [6, 6.07) is 6.62. The zero-order valence-corrected chi connectivity index (χ0v) is 16.9. The van der Waals surface area contributed by atoms with Gasteiger partial charge in [0.15, 0.2) is 0 Å². The minimum atomic E-state index is -0.973. The van der Waals surface area contributed by atoms with Gasteiger partial charge in [0.25, 0.3) is 0 Å². The Bertz CT molecular complexity index is 702. The predicted octanol–water partition coefficient (Wildman–Crippen LogP) is 3.28. The molecular weight excluding hydrogens is 399 g/mol. The second-order valence-corrected chi connectivity index (χ2v) is 8.94. The molecule has 2 fully saturated rings. The first-order valence-electron chi connectivity index (χ1n) is 8.44. The maximum atomic E-state index is 12.7. The smallest absolute Gasteiger partial charge is 0.327 e. The highest BCUT2D eigenvalue weighted by molar-refractivity contribution is 6.53. The first-order chi connectivity index (χ1) is 12.2. The fourth-order valence-corrected chi connectivity index (χ4v) is 4.24. The fraction of sp³-hybridized carbons (Fsp3) is 0.556. The third-order valence-corrected chi connectivity index (χ3v) is 6.66. The van der Waals surface area contributed by atoms with Crippen LogP contribution in [-0.2, 0) is 14.3 Å². The number of methoxy groups -OCH3 is 1. The van der Waals surface area contributed by atoms with E-state index in [-0.39, 0.29) is 11.9 Å². The lowest BCUT2D eigenvalue weighted by molar-refractivity contribution is -0.149. The molecule has 1 saturated carbocycles. The predicted molar refractivity (Wildman–Crippen MR) is 102 cm³/mol. The average Bonchev–Trinajstić information content (AvgIpc) is 3.15. The number of rotatable bonds is 4. The van der Waals surface area contributed by atoms with Crippen molar-refractivity contribution in [2.45, 2.75) is 23.7 Å². The van der Waals surface area contributed by atoms with E-state index in [1.807, 2.05) is 17.0 Å². The maximum absolute atomic E-state index is 12.7. The number of halogens is 3. The van der Waals surface area contributed by atoms with Gasteiger partial charge in [-0.25, -0.2) is 4.79 Å². The summed E-state index contributed by atoms with van der Waals surface area (Å²) in [5.74, 6) is -0.356. The number of carbonyl (C=O) groups excluding carboxylic acids is 2. The molecule has 8 heteroatoms. The van der Waals surface area contributed by atoms with Crippen molar-refractivity contribution >= 4 is 46.7 Å². The van der Waals surface area contributed by atoms with E-state index in [0.29, 0.717) is 37.6 Å². The summed E-state index contributed by atoms with van der Waals surface area (Å²) in [7, 11) is 1.37. The molecule has 1 aromatic rings. The standard InChI is InChI=1S/C18H21Cl3N2O3/c1-17(11-18(17,20)21)16(25)23-9-7-22(8-10-23)14(15(24)26-2)12-3-5-13(19)6-4-12/h3-6,14H,7-11H2,1-2H3/t14-,17-/m0/s1. The van der Waals surface area contributed by atoms with E-state index in [1.54, 1.807) is 24.0 Å². The largest absolute Gasteiger partial charge is 0.468 e. The molecule has 0 unspecified atom stereocenters. The van der Waals surface area contributed by atoms with Crippen molar-refractivity contribution in [3.8, 4) is 0 Å². The first kappa shape index (κ1) is 19.7. The minimum absolute atomic E-state index is 0.0248. The van der Waals surface area contributed by atoms with Gasteiger partial charge in [-0.15, -0.1) is 23.2 Å². The lowest BCUT2D eigenvalue weighted by Gasteiger charge is -2.39. The van der Waals surface area contributed by atoms with Gasteiger partial charge in [-0.3, -0.25) is 9.69 Å². The average molecular weight is 420 g/mol. The van der Waals surface area contributed by atoms with Crippen molar-refractivity contribution in [1.82, 2.24) is 9.80 Å². The monoisotopic (exact) mass is 418 g/mol. The topological polar surface area (TPSA) is 49.9 Å². The van der Waals surface area contributed by atoms with Crippen molar-refractivity contribution in [2.75, 3.05) is 33.3 Å². The molecule has 0 spiro atoms. The summed E-state index contributed by atoms with van der Waals surface area (Å²) in [4.78, 5) is 28.9. The Morgan fingerprint density at radius 1 is 1.12 bits per heavy atom. The molecule has 1 aliphatic heterocycles. The highest BCUT2D eigenvalue weighted by Gasteiger charge is 2.68. The quantitative estimate of drug-likeness (QED) is 0.555. The Kier molecular flexibility index (Phi) is 5.46. The van der Waals surface area contributed by atoms with Gasteiger partial charge < -0.3 is 9.64 Å². The molecule has 1 saturated heterocycles. The van der Waals surface area contributed by atoms with Crippen LogP contribution in [0.5, 0.6) is 0 Å². The van der Waals surface area contributed by atoms with Crippen LogP contribution in [-0.4, -0.2) is 59.3 Å². The minimum Gasteiger partial charge on any atom is -0.468 e. The number of nitrogens with zero attached hydrogens (tertiary/aromatic N) is 2. The van der Waals surface area contributed by atoms with E-state index in [2.05, 4.69) is 0 Å². The van der Waals surface area contributed by atoms with Crippen molar-refractivity contribution in [2.24, 2.45) is 5.41 Å². The molecular formula is C18H21Cl3N2O3. The number of benzene rings is 1. The first-order valence-corrected chi connectivity index (χ1v) is 9.57. The summed E-state index contributed by atoms with van der Waals surface area (Å²) in [5.41, 5.74) is 0.103. The van der Waals surface area contributed by atoms with Crippen LogP contribution in [0.4, 0.5) is 0 Å². The highest BCUT2D eigenvalue weighted by atomic mass is 35.5. The summed E-state index contributed by atoms with van der Waals surface area (Å²) >= 11 is 18.2. The zero-order valence-electron chi connectivity index (χ0n) is 14.7. The van der Waals surface area contributed by atoms with Gasteiger partial charge in [-0.05, 0) is 31.0 Å². The van der Waals surface area contributed by atoms with Gasteiger partial charge in [0.2, 0.25) is 5.91 Å². The third kappa shape index (κ3) is 3.55. The van der Waals surface area contributed by atoms with Crippen LogP contribution in [0.25, 0.3) is 0 Å². The molecule has 2 atom stereocenters. The number of hydrogen-bond acceptors (Lipinski definition) is 4. The summed E-state index contributed by atoms with van der Waals surface area (Å²) < 4.78 is 4.01. The van der Waals surface area contributed by atoms with Gasteiger partial charge >= 0.3 is 5.97 Å². The molecule has 0 aromatic heterocycles. The van der Waals surface area contributed by atoms with E-state index in [4.69, 9.17) is 39.5 Å². The van der Waals surface area contributed by atoms with Gasteiger partial charge in [0.05, 0.1) is 12.5 Å². The number of piperazine rings is 1. The number of esters is 1. The maximum Gasteiger partial charge on any atom is 0.327 e. The molecule has 1 aliphatic carbocycles. The summed E-state index contributed by atoms with van der Waals surface area (Å²) in [5, 5.41) is 0.607. The molecule has 142 valence electrons. The van der Waals surface area contributed by atoms with Crippen LogP contribution in [0.3, 0.4) is 0 Å². The molecule has 0 N–H and O–H groups in total. The second kappa shape index (κ2) is 7.19. The highest BCUT2D eigenvalue weighted by Crippen LogP contribution is 2.64. The van der Waals surface area contributed by atoms with Crippen LogP contribution < -0.4 is 0 Å². The Labute approximate surface area is 168 Å². The van der Waals surface area contributed by atoms with Crippen LogP contribution in [0.1, 0.15) is 24.9 Å². The van der Waals surface area contributed by atoms with Crippen molar-refractivity contribution < 1.29 is 14.3 Å². The third-order valence-electron chi connectivity index (χ3n) is 5.31. The molecule has 0 bridgehead atoms. The van der Waals surface area contributed by atoms with E-state index < -0.39 is 15.8 Å². The van der Waals surface area contributed by atoms with Crippen LogP contribution in [0, 0.1) is 5.41 Å². The summed E-state index contributed by atoms with van der Waals surface area (Å²) in [6.45, 7) is 3.94. The molecule has 1 heterocycles. The van der Waals surface area contributed by atoms with Gasteiger partial charge in [0, 0.05) is 31.2 Å². The Hall–Kier alpha value is -1.01. The Morgan fingerprint density at radius 2 is 1.65 bits per heavy atom. The molecule has 1 amide bonds. The van der Waals surface area contributed by atoms with Gasteiger partial charge in [-0.1, -0.05) is 23.7 Å². The van der Waals surface area contributed by atoms with Crippen molar-refractivity contribution in [3.63, 3.8) is 0 Å². The van der Waals surface area contributed by atoms with Gasteiger partial charge in [0.1, 0.15) is 10.4 Å². The fourth-order valence-electron chi connectivity index (χ4n) is 3.42. The van der Waals surface area contributed by atoms with Gasteiger partial charge in [-0.2, -0.15) is 0 Å². The lowest BCUT2D eigenvalue weighted by Crippen LogP contribution is -2.53. The number of ether oxygens (including phenoxy) is 1. The molecule has 2 aliphatic rings. The zero-order chi connectivity index (χ0) is 19.1. The summed E-state index contributed by atoms with van der Waals surface area (Å²) in [6.07, 6.45) is 0.470. The Morgan fingerprint density at radius 3 is 2.12 bits per heavy atom. The second-order valence-electron chi connectivity index (χ2n) is 7.02. The van der Waals surface area contributed by atoms with Crippen LogP contribution in [0.15, 0.2) is 24.3 Å². The van der Waals surface area contributed by atoms with E-state index >= 15 is 0 Å². The lowest BCUT2D eigenvalue weighted by atomic mass is 10.0. The molecule has 0 radical (unpaired) electrons. The van der Waals surface area contributed by atoms with E-state index in [0.717, 1.165) is 5.56 Å². The van der Waals surface area contributed by atoms with E-state index in [9.17, 15) is 9.59 Å². The normalized spacial score (nSPS) is 26.3. The Balaban J connectivity index is 1.69.